The summed E-state index contributed by atoms with van der Waals surface area (Å²) in [4.78, 5) is 28.2. The number of rotatable bonds is 5. The SMILES string of the molecule is CN(C)C(=O)C1CN(C)c2cc(NC(=O)CCc3ccc(C(C)(C)C)cc3)ccc2O1. The smallest absolute Gasteiger partial charge is 0.265 e. The van der Waals surface area contributed by atoms with Crippen molar-refractivity contribution < 1.29 is 14.3 Å². The van der Waals surface area contributed by atoms with Gasteiger partial charge in [0.15, 0.2) is 6.10 Å². The molecule has 0 aliphatic carbocycles. The van der Waals surface area contributed by atoms with Gasteiger partial charge in [-0.05, 0) is 41.2 Å². The van der Waals surface area contributed by atoms with Crippen molar-refractivity contribution in [3.05, 3.63) is 53.6 Å². The highest BCUT2D eigenvalue weighted by Gasteiger charge is 2.30. The van der Waals surface area contributed by atoms with Gasteiger partial charge in [-0.1, -0.05) is 45.0 Å². The summed E-state index contributed by atoms with van der Waals surface area (Å²) in [6.07, 6.45) is 0.577. The fraction of sp³-hybridized carbons (Fsp3) is 0.440. The van der Waals surface area contributed by atoms with E-state index >= 15 is 0 Å². The number of hydrogen-bond acceptors (Lipinski definition) is 4. The zero-order chi connectivity index (χ0) is 22.8. The van der Waals surface area contributed by atoms with Crippen LogP contribution in [0.5, 0.6) is 5.75 Å². The van der Waals surface area contributed by atoms with Crippen LogP contribution in [-0.2, 0) is 21.4 Å². The second kappa shape index (κ2) is 9.00. The number of aryl methyl sites for hydroxylation is 1. The Balaban J connectivity index is 1.59. The fourth-order valence-electron chi connectivity index (χ4n) is 3.60. The Morgan fingerprint density at radius 3 is 2.42 bits per heavy atom. The molecule has 1 atom stereocenters. The molecular weight excluding hydrogens is 390 g/mol. The van der Waals surface area contributed by atoms with Gasteiger partial charge in [-0.2, -0.15) is 0 Å². The molecular formula is C25H33N3O3. The monoisotopic (exact) mass is 423 g/mol. The number of nitrogens with one attached hydrogen (secondary N) is 1. The fourth-order valence-corrected chi connectivity index (χ4v) is 3.60. The van der Waals surface area contributed by atoms with E-state index in [1.54, 1.807) is 14.1 Å². The lowest BCUT2D eigenvalue weighted by molar-refractivity contribution is -0.135. The molecule has 3 rings (SSSR count). The van der Waals surface area contributed by atoms with Crippen molar-refractivity contribution in [2.45, 2.75) is 45.1 Å². The van der Waals surface area contributed by atoms with Gasteiger partial charge in [0.05, 0.1) is 12.2 Å². The molecule has 0 saturated carbocycles. The second-order valence-electron chi connectivity index (χ2n) is 9.40. The van der Waals surface area contributed by atoms with Crippen LogP contribution in [0.4, 0.5) is 11.4 Å². The minimum absolute atomic E-state index is 0.0279. The molecule has 0 saturated heterocycles. The van der Waals surface area contributed by atoms with Crippen LogP contribution in [0.15, 0.2) is 42.5 Å². The van der Waals surface area contributed by atoms with E-state index in [4.69, 9.17) is 4.74 Å². The van der Waals surface area contributed by atoms with Gasteiger partial charge < -0.3 is 19.9 Å². The number of likely N-dealkylation sites (N-methyl/N-ethyl adjacent to an activating group) is 2. The number of fused-ring (bicyclic) bond motifs is 1. The Morgan fingerprint density at radius 2 is 1.81 bits per heavy atom. The molecule has 1 unspecified atom stereocenters. The molecule has 6 heteroatoms. The van der Waals surface area contributed by atoms with E-state index < -0.39 is 6.10 Å². The van der Waals surface area contributed by atoms with E-state index in [0.717, 1.165) is 16.9 Å². The lowest BCUT2D eigenvalue weighted by Gasteiger charge is -2.34. The third-order valence-corrected chi connectivity index (χ3v) is 5.54. The Kier molecular flexibility index (Phi) is 6.58. The average Bonchev–Trinajstić information content (AvgIpc) is 2.71. The maximum atomic E-state index is 12.5. The Morgan fingerprint density at radius 1 is 1.13 bits per heavy atom. The summed E-state index contributed by atoms with van der Waals surface area (Å²) in [5, 5.41) is 2.97. The van der Waals surface area contributed by atoms with Crippen molar-refractivity contribution in [2.75, 3.05) is 37.9 Å². The Labute approximate surface area is 185 Å². The summed E-state index contributed by atoms with van der Waals surface area (Å²) in [5.41, 5.74) is 4.14. The Bertz CT molecular complexity index is 945. The van der Waals surface area contributed by atoms with Gasteiger partial charge in [0.25, 0.3) is 5.91 Å². The molecule has 166 valence electrons. The molecule has 0 bridgehead atoms. The summed E-state index contributed by atoms with van der Waals surface area (Å²) in [6.45, 7) is 7.04. The molecule has 2 aromatic rings. The largest absolute Gasteiger partial charge is 0.477 e. The zero-order valence-electron chi connectivity index (χ0n) is 19.4. The highest BCUT2D eigenvalue weighted by Crippen LogP contribution is 2.35. The number of ether oxygens (including phenoxy) is 1. The van der Waals surface area contributed by atoms with Crippen LogP contribution in [0.1, 0.15) is 38.3 Å². The summed E-state index contributed by atoms with van der Waals surface area (Å²) < 4.78 is 5.88. The number of amides is 2. The summed E-state index contributed by atoms with van der Waals surface area (Å²) >= 11 is 0. The standard InChI is InChI=1S/C25H33N3O3/c1-25(2,3)18-10-7-17(8-11-18)9-14-23(29)26-19-12-13-21-20(15-19)28(6)16-22(31-21)24(30)27(4)5/h7-8,10-13,15,22H,9,14,16H2,1-6H3,(H,26,29). The summed E-state index contributed by atoms with van der Waals surface area (Å²) in [6, 6.07) is 14.0. The minimum Gasteiger partial charge on any atom is -0.477 e. The average molecular weight is 424 g/mol. The van der Waals surface area contributed by atoms with E-state index in [-0.39, 0.29) is 17.2 Å². The van der Waals surface area contributed by atoms with E-state index in [0.29, 0.717) is 25.1 Å². The van der Waals surface area contributed by atoms with Gasteiger partial charge in [0.1, 0.15) is 5.75 Å². The predicted molar refractivity (Wildman–Crippen MR) is 125 cm³/mol. The third kappa shape index (κ3) is 5.57. The summed E-state index contributed by atoms with van der Waals surface area (Å²) in [5.74, 6) is 0.552. The first-order valence-corrected chi connectivity index (χ1v) is 10.7. The van der Waals surface area contributed by atoms with E-state index in [1.165, 1.54) is 10.5 Å². The van der Waals surface area contributed by atoms with Crippen LogP contribution in [-0.4, -0.2) is 50.5 Å². The highest BCUT2D eigenvalue weighted by atomic mass is 16.5. The topological polar surface area (TPSA) is 61.9 Å². The number of hydrogen-bond donors (Lipinski definition) is 1. The number of carbonyl (C=O) groups excluding carboxylic acids is 2. The van der Waals surface area contributed by atoms with E-state index in [1.807, 2.05) is 30.1 Å². The van der Waals surface area contributed by atoms with Crippen LogP contribution in [0.3, 0.4) is 0 Å². The normalized spacial score (nSPS) is 15.7. The highest BCUT2D eigenvalue weighted by molar-refractivity contribution is 5.92. The quantitative estimate of drug-likeness (QED) is 0.794. The first kappa shape index (κ1) is 22.7. The second-order valence-corrected chi connectivity index (χ2v) is 9.40. The minimum atomic E-state index is -0.530. The lowest BCUT2D eigenvalue weighted by Crippen LogP contribution is -2.47. The van der Waals surface area contributed by atoms with Crippen molar-refractivity contribution in [3.63, 3.8) is 0 Å². The molecule has 1 aliphatic rings. The molecule has 0 radical (unpaired) electrons. The van der Waals surface area contributed by atoms with Gasteiger partial charge >= 0.3 is 0 Å². The zero-order valence-corrected chi connectivity index (χ0v) is 19.4. The van der Waals surface area contributed by atoms with Crippen LogP contribution in [0, 0.1) is 0 Å². The van der Waals surface area contributed by atoms with Crippen molar-refractivity contribution in [1.82, 2.24) is 4.90 Å². The molecule has 0 spiro atoms. The molecule has 1 heterocycles. The van der Waals surface area contributed by atoms with Crippen molar-refractivity contribution >= 4 is 23.2 Å². The number of benzene rings is 2. The maximum absolute atomic E-state index is 12.5. The first-order chi connectivity index (χ1) is 14.5. The van der Waals surface area contributed by atoms with Crippen LogP contribution in [0.2, 0.25) is 0 Å². The number of carbonyl (C=O) groups is 2. The van der Waals surface area contributed by atoms with Crippen molar-refractivity contribution in [3.8, 4) is 5.75 Å². The molecule has 0 fully saturated rings. The van der Waals surface area contributed by atoms with Crippen molar-refractivity contribution in [1.29, 1.82) is 0 Å². The maximum Gasteiger partial charge on any atom is 0.265 e. The van der Waals surface area contributed by atoms with E-state index in [9.17, 15) is 9.59 Å². The molecule has 2 aromatic carbocycles. The molecule has 6 nitrogen and oxygen atoms in total. The van der Waals surface area contributed by atoms with Gasteiger partial charge in [-0.3, -0.25) is 9.59 Å². The molecule has 0 aromatic heterocycles. The lowest BCUT2D eigenvalue weighted by atomic mass is 9.86. The number of nitrogens with zero attached hydrogens (tertiary/aromatic N) is 2. The van der Waals surface area contributed by atoms with Crippen LogP contribution >= 0.6 is 0 Å². The molecule has 1 N–H and O–H groups in total. The van der Waals surface area contributed by atoms with Gasteiger partial charge in [-0.25, -0.2) is 0 Å². The first-order valence-electron chi connectivity index (χ1n) is 10.7. The van der Waals surface area contributed by atoms with Gasteiger partial charge in [-0.15, -0.1) is 0 Å². The van der Waals surface area contributed by atoms with E-state index in [2.05, 4.69) is 50.4 Å². The predicted octanol–water partition coefficient (Wildman–Crippen LogP) is 3.84. The summed E-state index contributed by atoms with van der Waals surface area (Å²) in [7, 11) is 5.36. The molecule has 31 heavy (non-hydrogen) atoms. The van der Waals surface area contributed by atoms with Crippen LogP contribution < -0.4 is 15.0 Å². The Hall–Kier alpha value is -3.02. The molecule has 2 amide bonds. The van der Waals surface area contributed by atoms with Gasteiger partial charge in [0, 0.05) is 33.3 Å². The van der Waals surface area contributed by atoms with Crippen molar-refractivity contribution in [2.24, 2.45) is 0 Å². The van der Waals surface area contributed by atoms with Gasteiger partial charge in [0.2, 0.25) is 5.91 Å². The van der Waals surface area contributed by atoms with Crippen LogP contribution in [0.25, 0.3) is 0 Å². The molecule has 1 aliphatic heterocycles. The number of anilines is 2. The third-order valence-electron chi connectivity index (χ3n) is 5.54.